The number of anilines is 3. The van der Waals surface area contributed by atoms with Crippen LogP contribution in [0.2, 0.25) is 0 Å². The van der Waals surface area contributed by atoms with Crippen LogP contribution in [-0.4, -0.2) is 30.5 Å². The fourth-order valence-corrected chi connectivity index (χ4v) is 2.67. The SMILES string of the molecule is CCC(C)(C)Nc1nc(Nc2ccc3ncccc3c2)nc2nc[nH]c12. The van der Waals surface area contributed by atoms with Crippen molar-refractivity contribution in [3.63, 3.8) is 0 Å². The number of aromatic nitrogens is 5. The summed E-state index contributed by atoms with van der Waals surface area (Å²) in [5, 5.41) is 7.82. The first-order chi connectivity index (χ1) is 12.5. The normalized spacial score (nSPS) is 11.8. The molecule has 0 atom stereocenters. The molecular formula is C19H21N7. The molecule has 0 saturated carbocycles. The van der Waals surface area contributed by atoms with E-state index in [1.165, 1.54) is 0 Å². The zero-order valence-corrected chi connectivity index (χ0v) is 15.0. The third-order valence-corrected chi connectivity index (χ3v) is 4.49. The summed E-state index contributed by atoms with van der Waals surface area (Å²) in [7, 11) is 0. The highest BCUT2D eigenvalue weighted by molar-refractivity contribution is 5.86. The molecule has 4 aromatic rings. The smallest absolute Gasteiger partial charge is 0.231 e. The zero-order valence-electron chi connectivity index (χ0n) is 15.0. The predicted molar refractivity (Wildman–Crippen MR) is 105 cm³/mol. The summed E-state index contributed by atoms with van der Waals surface area (Å²) < 4.78 is 0. The van der Waals surface area contributed by atoms with Gasteiger partial charge in [-0.1, -0.05) is 13.0 Å². The number of H-pyrrole nitrogens is 1. The van der Waals surface area contributed by atoms with E-state index in [9.17, 15) is 0 Å². The summed E-state index contributed by atoms with van der Waals surface area (Å²) in [5.74, 6) is 1.24. The van der Waals surface area contributed by atoms with Crippen LogP contribution in [0.15, 0.2) is 42.9 Å². The number of nitrogens with one attached hydrogen (secondary N) is 3. The molecule has 0 aliphatic heterocycles. The standard InChI is InChI=1S/C19H21N7/c1-4-19(2,3)26-17-15-16(22-11-21-15)24-18(25-17)23-13-7-8-14-12(10-13)6-5-9-20-14/h5-11H,4H2,1-3H3,(H3,21,22,23,24,25,26). The van der Waals surface area contributed by atoms with Gasteiger partial charge in [0, 0.05) is 22.8 Å². The first-order valence-corrected chi connectivity index (χ1v) is 8.65. The molecule has 0 radical (unpaired) electrons. The summed E-state index contributed by atoms with van der Waals surface area (Å²) in [6, 6.07) is 9.93. The fourth-order valence-electron chi connectivity index (χ4n) is 2.67. The topological polar surface area (TPSA) is 91.4 Å². The molecule has 0 unspecified atom stereocenters. The van der Waals surface area contributed by atoms with Crippen molar-refractivity contribution in [1.82, 2.24) is 24.9 Å². The molecule has 0 aliphatic carbocycles. The largest absolute Gasteiger partial charge is 0.363 e. The Labute approximate surface area is 151 Å². The Hall–Kier alpha value is -3.22. The molecule has 3 aromatic heterocycles. The van der Waals surface area contributed by atoms with Gasteiger partial charge < -0.3 is 15.6 Å². The van der Waals surface area contributed by atoms with Crippen LogP contribution in [0.25, 0.3) is 22.1 Å². The number of aromatic amines is 1. The van der Waals surface area contributed by atoms with Crippen molar-refractivity contribution in [2.45, 2.75) is 32.7 Å². The minimum atomic E-state index is -0.0850. The van der Waals surface area contributed by atoms with Crippen LogP contribution in [0.1, 0.15) is 27.2 Å². The van der Waals surface area contributed by atoms with Crippen molar-refractivity contribution in [3.8, 4) is 0 Å². The molecule has 0 amide bonds. The van der Waals surface area contributed by atoms with Gasteiger partial charge in [0.2, 0.25) is 5.95 Å². The first-order valence-electron chi connectivity index (χ1n) is 8.65. The van der Waals surface area contributed by atoms with E-state index in [1.807, 2.05) is 30.3 Å². The maximum atomic E-state index is 4.66. The Kier molecular flexibility index (Phi) is 3.91. The summed E-state index contributed by atoms with van der Waals surface area (Å²) in [5.41, 5.74) is 3.20. The highest BCUT2D eigenvalue weighted by Crippen LogP contribution is 2.25. The molecule has 3 heterocycles. The highest BCUT2D eigenvalue weighted by atomic mass is 15.2. The van der Waals surface area contributed by atoms with Gasteiger partial charge in [0.15, 0.2) is 11.5 Å². The van der Waals surface area contributed by atoms with Gasteiger partial charge in [-0.15, -0.1) is 0 Å². The fraction of sp³-hybridized carbons (Fsp3) is 0.263. The molecule has 7 heteroatoms. The van der Waals surface area contributed by atoms with Gasteiger partial charge in [0.1, 0.15) is 5.52 Å². The second kappa shape index (κ2) is 6.25. The summed E-state index contributed by atoms with van der Waals surface area (Å²) in [6.45, 7) is 6.42. The third kappa shape index (κ3) is 3.15. The zero-order chi connectivity index (χ0) is 18.1. The van der Waals surface area contributed by atoms with Gasteiger partial charge in [-0.2, -0.15) is 9.97 Å². The molecule has 0 spiro atoms. The van der Waals surface area contributed by atoms with E-state index in [-0.39, 0.29) is 5.54 Å². The van der Waals surface area contributed by atoms with Gasteiger partial charge in [0.25, 0.3) is 0 Å². The Morgan fingerprint density at radius 3 is 2.85 bits per heavy atom. The lowest BCUT2D eigenvalue weighted by atomic mass is 10.0. The molecule has 4 rings (SSSR count). The lowest BCUT2D eigenvalue weighted by Crippen LogP contribution is -2.30. The van der Waals surface area contributed by atoms with E-state index < -0.39 is 0 Å². The second-order valence-electron chi connectivity index (χ2n) is 6.90. The van der Waals surface area contributed by atoms with Crippen LogP contribution in [0, 0.1) is 0 Å². The van der Waals surface area contributed by atoms with Crippen LogP contribution < -0.4 is 10.6 Å². The number of hydrogen-bond donors (Lipinski definition) is 3. The van der Waals surface area contributed by atoms with Crippen LogP contribution in [0.5, 0.6) is 0 Å². The minimum absolute atomic E-state index is 0.0850. The van der Waals surface area contributed by atoms with E-state index >= 15 is 0 Å². The number of benzene rings is 1. The lowest BCUT2D eigenvalue weighted by molar-refractivity contribution is 0.545. The predicted octanol–water partition coefficient (Wildman–Crippen LogP) is 4.25. The molecule has 0 bridgehead atoms. The molecule has 1 aromatic carbocycles. The Morgan fingerprint density at radius 2 is 2.00 bits per heavy atom. The lowest BCUT2D eigenvalue weighted by Gasteiger charge is -2.25. The number of pyridine rings is 1. The summed E-state index contributed by atoms with van der Waals surface area (Å²) in [4.78, 5) is 20.9. The van der Waals surface area contributed by atoms with Crippen molar-refractivity contribution >= 4 is 39.5 Å². The van der Waals surface area contributed by atoms with Crippen molar-refractivity contribution in [2.24, 2.45) is 0 Å². The van der Waals surface area contributed by atoms with Crippen molar-refractivity contribution < 1.29 is 0 Å². The molecular weight excluding hydrogens is 326 g/mol. The highest BCUT2D eigenvalue weighted by Gasteiger charge is 2.19. The van der Waals surface area contributed by atoms with Crippen LogP contribution in [0.3, 0.4) is 0 Å². The number of fused-ring (bicyclic) bond motifs is 2. The average Bonchev–Trinajstić information content (AvgIpc) is 3.10. The van der Waals surface area contributed by atoms with E-state index in [0.29, 0.717) is 11.6 Å². The van der Waals surface area contributed by atoms with E-state index in [1.54, 1.807) is 12.5 Å². The average molecular weight is 347 g/mol. The van der Waals surface area contributed by atoms with Crippen LogP contribution in [0.4, 0.5) is 17.5 Å². The van der Waals surface area contributed by atoms with Gasteiger partial charge in [-0.05, 0) is 44.5 Å². The van der Waals surface area contributed by atoms with Gasteiger partial charge in [-0.3, -0.25) is 4.98 Å². The number of imidazole rings is 1. The third-order valence-electron chi connectivity index (χ3n) is 4.49. The van der Waals surface area contributed by atoms with Crippen LogP contribution >= 0.6 is 0 Å². The Balaban J connectivity index is 1.71. The number of nitrogens with zero attached hydrogens (tertiary/aromatic N) is 4. The quantitative estimate of drug-likeness (QED) is 0.500. The maximum absolute atomic E-state index is 4.66. The molecule has 7 nitrogen and oxygen atoms in total. The van der Waals surface area contributed by atoms with E-state index in [4.69, 9.17) is 0 Å². The number of hydrogen-bond acceptors (Lipinski definition) is 6. The number of rotatable bonds is 5. The van der Waals surface area contributed by atoms with Gasteiger partial charge >= 0.3 is 0 Å². The van der Waals surface area contributed by atoms with Gasteiger partial charge in [0.05, 0.1) is 11.8 Å². The van der Waals surface area contributed by atoms with E-state index in [2.05, 4.69) is 56.3 Å². The van der Waals surface area contributed by atoms with Crippen LogP contribution in [-0.2, 0) is 0 Å². The molecule has 132 valence electrons. The molecule has 3 N–H and O–H groups in total. The van der Waals surface area contributed by atoms with Crippen molar-refractivity contribution in [1.29, 1.82) is 0 Å². The second-order valence-corrected chi connectivity index (χ2v) is 6.90. The Morgan fingerprint density at radius 1 is 1.12 bits per heavy atom. The minimum Gasteiger partial charge on any atom is -0.363 e. The van der Waals surface area contributed by atoms with E-state index in [0.717, 1.165) is 34.3 Å². The van der Waals surface area contributed by atoms with Gasteiger partial charge in [-0.25, -0.2) is 4.98 Å². The monoisotopic (exact) mass is 347 g/mol. The first kappa shape index (κ1) is 16.3. The molecule has 0 saturated heterocycles. The van der Waals surface area contributed by atoms with Crippen molar-refractivity contribution in [2.75, 3.05) is 10.6 Å². The maximum Gasteiger partial charge on any atom is 0.231 e. The van der Waals surface area contributed by atoms with Crippen molar-refractivity contribution in [3.05, 3.63) is 42.9 Å². The summed E-state index contributed by atoms with van der Waals surface area (Å²) >= 11 is 0. The molecule has 0 fully saturated rings. The molecule has 26 heavy (non-hydrogen) atoms. The Bertz CT molecular complexity index is 1070. The summed E-state index contributed by atoms with van der Waals surface area (Å²) in [6.07, 6.45) is 4.39. The molecule has 0 aliphatic rings.